The second-order valence-corrected chi connectivity index (χ2v) is 10.0. The molecule has 2 heteroatoms. The van der Waals surface area contributed by atoms with Crippen molar-refractivity contribution in [3.05, 3.63) is 42.0 Å². The zero-order valence-electron chi connectivity index (χ0n) is 14.5. The molecule has 3 saturated carbocycles. The topological polar surface area (TPSA) is 17.1 Å². The quantitative estimate of drug-likeness (QED) is 0.648. The second-order valence-electron chi connectivity index (χ2n) is 8.57. The van der Waals surface area contributed by atoms with E-state index in [0.29, 0.717) is 23.0 Å². The molecule has 4 aliphatic carbocycles. The van der Waals surface area contributed by atoms with Crippen LogP contribution in [0.5, 0.6) is 0 Å². The molecule has 126 valence electrons. The first-order chi connectivity index (χ1) is 11.6. The lowest BCUT2D eigenvalue weighted by molar-refractivity contribution is -0.140. The molecule has 3 fully saturated rings. The van der Waals surface area contributed by atoms with E-state index in [0.717, 1.165) is 25.2 Å². The van der Waals surface area contributed by atoms with Gasteiger partial charge in [0.15, 0.2) is 0 Å². The Morgan fingerprint density at radius 2 is 1.92 bits per heavy atom. The van der Waals surface area contributed by atoms with Crippen LogP contribution in [-0.4, -0.2) is 10.5 Å². The summed E-state index contributed by atoms with van der Waals surface area (Å²) in [5.41, 5.74) is 1.84. The SMILES string of the molecule is CC1=C[C@@]2(Sc3ccccc3)CC[C@@H]3C(=O)CC[C@@H]4CC[C@@H]2[C@@]43C1. The summed E-state index contributed by atoms with van der Waals surface area (Å²) in [7, 11) is 0. The van der Waals surface area contributed by atoms with Crippen molar-refractivity contribution in [3.8, 4) is 0 Å². The van der Waals surface area contributed by atoms with E-state index in [1.165, 1.54) is 30.6 Å². The number of allylic oxidation sites excluding steroid dienone is 1. The van der Waals surface area contributed by atoms with Crippen molar-refractivity contribution in [2.24, 2.45) is 23.2 Å². The minimum atomic E-state index is 0.229. The van der Waals surface area contributed by atoms with Crippen LogP contribution >= 0.6 is 11.8 Å². The normalized spacial score (nSPS) is 43.3. The Morgan fingerprint density at radius 1 is 1.08 bits per heavy atom. The lowest BCUT2D eigenvalue weighted by Gasteiger charge is -2.60. The van der Waals surface area contributed by atoms with Gasteiger partial charge in [-0.2, -0.15) is 0 Å². The molecular formula is C22H26OS. The molecule has 0 saturated heterocycles. The smallest absolute Gasteiger partial charge is 0.136 e. The number of thioether (sulfide) groups is 1. The van der Waals surface area contributed by atoms with Gasteiger partial charge < -0.3 is 0 Å². The molecule has 0 aliphatic heterocycles. The van der Waals surface area contributed by atoms with Gasteiger partial charge in [-0.3, -0.25) is 4.79 Å². The monoisotopic (exact) mass is 338 g/mol. The van der Waals surface area contributed by atoms with Crippen molar-refractivity contribution in [1.82, 2.24) is 0 Å². The van der Waals surface area contributed by atoms with Gasteiger partial charge in [-0.15, -0.1) is 11.8 Å². The molecule has 0 unspecified atom stereocenters. The van der Waals surface area contributed by atoms with Gasteiger partial charge in [0.1, 0.15) is 5.78 Å². The number of Topliss-reactive ketones (excluding diaryl/α,β-unsaturated/α-hetero) is 1. The molecule has 24 heavy (non-hydrogen) atoms. The Morgan fingerprint density at radius 3 is 2.75 bits per heavy atom. The van der Waals surface area contributed by atoms with Crippen LogP contribution in [0.4, 0.5) is 0 Å². The summed E-state index contributed by atoms with van der Waals surface area (Å²) in [6.07, 6.45) is 10.8. The van der Waals surface area contributed by atoms with E-state index in [9.17, 15) is 4.79 Å². The average molecular weight is 339 g/mol. The highest BCUT2D eigenvalue weighted by molar-refractivity contribution is 8.00. The maximum absolute atomic E-state index is 12.8. The summed E-state index contributed by atoms with van der Waals surface area (Å²) >= 11 is 2.09. The first kappa shape index (κ1) is 15.3. The maximum atomic E-state index is 12.8. The third-order valence-electron chi connectivity index (χ3n) is 7.53. The Balaban J connectivity index is 1.62. The summed E-state index contributed by atoms with van der Waals surface area (Å²) in [5, 5.41) is 0. The van der Waals surface area contributed by atoms with Gasteiger partial charge in [0.2, 0.25) is 0 Å². The van der Waals surface area contributed by atoms with Crippen LogP contribution in [0.15, 0.2) is 46.9 Å². The standard InChI is InChI=1S/C22H26OS/c1-15-13-21(24-17-5-3-2-4-6-17)12-11-18-19(23)9-7-16-8-10-20(21)22(16,18)14-15/h2-6,13,16,18,20H,7-12,14H2,1H3/t16-,18-,20+,21+,22+/m1/s1. The first-order valence-electron chi connectivity index (χ1n) is 9.59. The van der Waals surface area contributed by atoms with E-state index >= 15 is 0 Å². The number of rotatable bonds is 2. The average Bonchev–Trinajstić information content (AvgIpc) is 2.94. The number of hydrogen-bond donors (Lipinski definition) is 0. The van der Waals surface area contributed by atoms with E-state index in [1.54, 1.807) is 5.57 Å². The van der Waals surface area contributed by atoms with E-state index in [1.807, 2.05) is 0 Å². The molecule has 1 nitrogen and oxygen atoms in total. The lowest BCUT2D eigenvalue weighted by atomic mass is 9.47. The van der Waals surface area contributed by atoms with Gasteiger partial charge in [-0.25, -0.2) is 0 Å². The maximum Gasteiger partial charge on any atom is 0.136 e. The molecule has 4 aliphatic rings. The van der Waals surface area contributed by atoms with Crippen LogP contribution in [0, 0.1) is 23.2 Å². The van der Waals surface area contributed by atoms with Gasteiger partial charge in [0.05, 0.1) is 0 Å². The third-order valence-corrected chi connectivity index (χ3v) is 9.02. The molecule has 0 aromatic heterocycles. The lowest BCUT2D eigenvalue weighted by Crippen LogP contribution is -2.58. The molecule has 1 spiro atoms. The fourth-order valence-corrected chi connectivity index (χ4v) is 8.66. The molecule has 0 amide bonds. The third kappa shape index (κ3) is 1.92. The van der Waals surface area contributed by atoms with Crippen LogP contribution in [0.2, 0.25) is 0 Å². The molecule has 5 atom stereocenters. The van der Waals surface area contributed by atoms with Crippen molar-refractivity contribution < 1.29 is 4.79 Å². The summed E-state index contributed by atoms with van der Waals surface area (Å²) in [4.78, 5) is 14.2. The van der Waals surface area contributed by atoms with Crippen LogP contribution in [-0.2, 0) is 4.79 Å². The fourth-order valence-electron chi connectivity index (χ4n) is 6.97. The Bertz CT molecular complexity index is 708. The highest BCUT2D eigenvalue weighted by Crippen LogP contribution is 2.72. The van der Waals surface area contributed by atoms with Crippen molar-refractivity contribution in [2.75, 3.05) is 0 Å². The molecule has 0 heterocycles. The first-order valence-corrected chi connectivity index (χ1v) is 10.4. The minimum Gasteiger partial charge on any atom is -0.299 e. The van der Waals surface area contributed by atoms with Gasteiger partial charge in [-0.05, 0) is 74.8 Å². The summed E-state index contributed by atoms with van der Waals surface area (Å²) in [5.74, 6) is 2.44. The van der Waals surface area contributed by atoms with Crippen LogP contribution in [0.3, 0.4) is 0 Å². The summed E-state index contributed by atoms with van der Waals surface area (Å²) < 4.78 is 0.229. The van der Waals surface area contributed by atoms with Crippen molar-refractivity contribution in [1.29, 1.82) is 0 Å². The number of ketones is 1. The molecule has 1 aromatic rings. The fraction of sp³-hybridized carbons (Fsp3) is 0.591. The second kappa shape index (κ2) is 5.24. The van der Waals surface area contributed by atoms with Crippen molar-refractivity contribution in [3.63, 3.8) is 0 Å². The Kier molecular flexibility index (Phi) is 3.33. The Hall–Kier alpha value is -1.02. The number of carbonyl (C=O) groups is 1. The number of benzene rings is 1. The van der Waals surface area contributed by atoms with Gasteiger partial charge in [-0.1, -0.05) is 29.8 Å². The Labute approximate surface area is 149 Å². The van der Waals surface area contributed by atoms with Crippen LogP contribution < -0.4 is 0 Å². The van der Waals surface area contributed by atoms with Crippen molar-refractivity contribution in [2.45, 2.75) is 61.5 Å². The highest BCUT2D eigenvalue weighted by atomic mass is 32.2. The van der Waals surface area contributed by atoms with Crippen molar-refractivity contribution >= 4 is 17.5 Å². The zero-order chi connectivity index (χ0) is 16.4. The number of hydrogen-bond acceptors (Lipinski definition) is 2. The van der Waals surface area contributed by atoms with E-state index in [-0.39, 0.29) is 4.75 Å². The van der Waals surface area contributed by atoms with Crippen LogP contribution in [0.1, 0.15) is 51.9 Å². The largest absolute Gasteiger partial charge is 0.299 e. The minimum absolute atomic E-state index is 0.229. The molecular weight excluding hydrogens is 312 g/mol. The highest BCUT2D eigenvalue weighted by Gasteiger charge is 2.67. The van der Waals surface area contributed by atoms with Gasteiger partial charge in [0.25, 0.3) is 0 Å². The van der Waals surface area contributed by atoms with Crippen LogP contribution in [0.25, 0.3) is 0 Å². The molecule has 1 aromatic carbocycles. The van der Waals surface area contributed by atoms with E-state index in [2.05, 4.69) is 55.1 Å². The molecule has 0 N–H and O–H groups in total. The molecule has 2 bridgehead atoms. The van der Waals surface area contributed by atoms with Gasteiger partial charge in [0, 0.05) is 22.0 Å². The predicted octanol–water partition coefficient (Wildman–Crippen LogP) is 5.65. The predicted molar refractivity (Wildman–Crippen MR) is 99.0 cm³/mol. The number of carbonyl (C=O) groups excluding carboxylic acids is 1. The van der Waals surface area contributed by atoms with E-state index in [4.69, 9.17) is 0 Å². The summed E-state index contributed by atoms with van der Waals surface area (Å²) in [6.45, 7) is 2.32. The summed E-state index contributed by atoms with van der Waals surface area (Å²) in [6, 6.07) is 10.9. The molecule has 0 radical (unpaired) electrons. The van der Waals surface area contributed by atoms with E-state index < -0.39 is 0 Å². The molecule has 5 rings (SSSR count). The van der Waals surface area contributed by atoms with Gasteiger partial charge >= 0.3 is 0 Å². The zero-order valence-corrected chi connectivity index (χ0v) is 15.3.